The third kappa shape index (κ3) is 5.54. The van der Waals surface area contributed by atoms with Gasteiger partial charge in [0.15, 0.2) is 0 Å². The molecule has 27 heavy (non-hydrogen) atoms. The van der Waals surface area contributed by atoms with Crippen molar-refractivity contribution in [1.82, 2.24) is 9.97 Å². The Morgan fingerprint density at radius 3 is 2.56 bits per heavy atom. The second-order valence-corrected chi connectivity index (χ2v) is 6.05. The predicted octanol–water partition coefficient (Wildman–Crippen LogP) is 4.11. The third-order valence-electron chi connectivity index (χ3n) is 3.82. The molecule has 0 bridgehead atoms. The van der Waals surface area contributed by atoms with Crippen LogP contribution in [0.5, 0.6) is 5.75 Å². The Hall–Kier alpha value is -3.41. The molecule has 3 aromatic rings. The summed E-state index contributed by atoms with van der Waals surface area (Å²) in [7, 11) is 0. The number of aryl methyl sites for hydroxylation is 1. The van der Waals surface area contributed by atoms with E-state index in [0.29, 0.717) is 18.8 Å². The first-order chi connectivity index (χ1) is 13.1. The Bertz CT molecular complexity index is 910. The number of anilines is 3. The van der Waals surface area contributed by atoms with Crippen LogP contribution in [0.1, 0.15) is 18.2 Å². The van der Waals surface area contributed by atoms with E-state index in [1.165, 1.54) is 6.33 Å². The Morgan fingerprint density at radius 1 is 1.04 bits per heavy atom. The number of ether oxygens (including phenoxy) is 1. The van der Waals surface area contributed by atoms with Gasteiger partial charge in [-0.1, -0.05) is 18.2 Å². The van der Waals surface area contributed by atoms with Gasteiger partial charge in [-0.25, -0.2) is 9.97 Å². The molecule has 0 aliphatic rings. The zero-order valence-corrected chi connectivity index (χ0v) is 15.4. The fourth-order valence-corrected chi connectivity index (χ4v) is 2.61. The van der Waals surface area contributed by atoms with Crippen molar-refractivity contribution < 1.29 is 9.53 Å². The highest BCUT2D eigenvalue weighted by Gasteiger charge is 2.06. The maximum absolute atomic E-state index is 12.3. The summed E-state index contributed by atoms with van der Waals surface area (Å²) in [5.74, 6) is 1.44. The Labute approximate surface area is 158 Å². The molecule has 3 rings (SSSR count). The average Bonchev–Trinajstić information content (AvgIpc) is 2.64. The van der Waals surface area contributed by atoms with E-state index in [1.807, 2.05) is 68.4 Å². The van der Waals surface area contributed by atoms with Crippen molar-refractivity contribution >= 4 is 23.1 Å². The summed E-state index contributed by atoms with van der Waals surface area (Å²) in [4.78, 5) is 20.6. The number of rotatable bonds is 7. The second-order valence-electron chi connectivity index (χ2n) is 6.05. The van der Waals surface area contributed by atoms with Crippen LogP contribution in [0.2, 0.25) is 0 Å². The van der Waals surface area contributed by atoms with Gasteiger partial charge in [0.25, 0.3) is 0 Å². The number of carbonyl (C=O) groups excluding carboxylic acids is 1. The lowest BCUT2D eigenvalue weighted by atomic mass is 10.1. The van der Waals surface area contributed by atoms with Crippen molar-refractivity contribution in [3.05, 3.63) is 72.2 Å². The lowest BCUT2D eigenvalue weighted by Gasteiger charge is -2.10. The number of nitrogens with one attached hydrogen (secondary N) is 2. The molecular weight excluding hydrogens is 340 g/mol. The topological polar surface area (TPSA) is 76.1 Å². The van der Waals surface area contributed by atoms with E-state index >= 15 is 0 Å². The van der Waals surface area contributed by atoms with Gasteiger partial charge < -0.3 is 15.4 Å². The summed E-state index contributed by atoms with van der Waals surface area (Å²) in [5, 5.41) is 6.13. The minimum absolute atomic E-state index is 0.0748. The number of amides is 1. The molecule has 2 N–H and O–H groups in total. The van der Waals surface area contributed by atoms with Crippen LogP contribution in [0.3, 0.4) is 0 Å². The molecule has 0 aliphatic heterocycles. The predicted molar refractivity (Wildman–Crippen MR) is 106 cm³/mol. The Morgan fingerprint density at radius 2 is 1.81 bits per heavy atom. The number of nitrogens with zero attached hydrogens (tertiary/aromatic N) is 2. The van der Waals surface area contributed by atoms with E-state index < -0.39 is 0 Å². The van der Waals surface area contributed by atoms with Gasteiger partial charge in [-0.3, -0.25) is 4.79 Å². The molecule has 0 saturated heterocycles. The summed E-state index contributed by atoms with van der Waals surface area (Å²) in [6, 6.07) is 16.9. The van der Waals surface area contributed by atoms with Crippen molar-refractivity contribution in [2.24, 2.45) is 0 Å². The first-order valence-corrected chi connectivity index (χ1v) is 8.79. The molecule has 1 amide bonds. The van der Waals surface area contributed by atoms with Crippen molar-refractivity contribution in [2.45, 2.75) is 20.3 Å². The van der Waals surface area contributed by atoms with Crippen LogP contribution in [-0.2, 0) is 11.2 Å². The van der Waals surface area contributed by atoms with Crippen molar-refractivity contribution in [3.63, 3.8) is 0 Å². The van der Waals surface area contributed by atoms with Gasteiger partial charge in [-0.05, 0) is 49.7 Å². The van der Waals surface area contributed by atoms with Crippen LogP contribution in [0.4, 0.5) is 17.2 Å². The number of benzene rings is 2. The average molecular weight is 362 g/mol. The van der Waals surface area contributed by atoms with E-state index in [-0.39, 0.29) is 5.91 Å². The highest BCUT2D eigenvalue weighted by Crippen LogP contribution is 2.19. The van der Waals surface area contributed by atoms with Gasteiger partial charge in [-0.2, -0.15) is 0 Å². The van der Waals surface area contributed by atoms with Crippen molar-refractivity contribution in [3.8, 4) is 5.75 Å². The minimum Gasteiger partial charge on any atom is -0.494 e. The molecule has 0 spiro atoms. The number of aromatic nitrogens is 2. The summed E-state index contributed by atoms with van der Waals surface area (Å²) in [6.07, 6.45) is 1.81. The molecule has 0 aliphatic carbocycles. The molecule has 6 heteroatoms. The molecule has 1 aromatic heterocycles. The molecule has 0 atom stereocenters. The molecule has 0 fully saturated rings. The van der Waals surface area contributed by atoms with Crippen molar-refractivity contribution in [2.75, 3.05) is 17.2 Å². The highest BCUT2D eigenvalue weighted by atomic mass is 16.5. The normalized spacial score (nSPS) is 10.3. The molecule has 6 nitrogen and oxygen atoms in total. The van der Waals surface area contributed by atoms with Crippen LogP contribution < -0.4 is 15.4 Å². The van der Waals surface area contributed by atoms with E-state index in [0.717, 1.165) is 28.4 Å². The van der Waals surface area contributed by atoms with Crippen LogP contribution in [-0.4, -0.2) is 22.5 Å². The third-order valence-corrected chi connectivity index (χ3v) is 3.82. The maximum atomic E-state index is 12.3. The maximum Gasteiger partial charge on any atom is 0.228 e. The molecular formula is C21H22N4O2. The fourth-order valence-electron chi connectivity index (χ4n) is 2.61. The second kappa shape index (κ2) is 8.80. The first kappa shape index (κ1) is 18.4. The van der Waals surface area contributed by atoms with Crippen LogP contribution in [0.25, 0.3) is 0 Å². The monoisotopic (exact) mass is 362 g/mol. The largest absolute Gasteiger partial charge is 0.494 e. The van der Waals surface area contributed by atoms with Gasteiger partial charge in [0.05, 0.1) is 13.0 Å². The van der Waals surface area contributed by atoms with Gasteiger partial charge in [-0.15, -0.1) is 0 Å². The molecule has 0 unspecified atom stereocenters. The molecule has 0 radical (unpaired) electrons. The zero-order valence-electron chi connectivity index (χ0n) is 15.4. The van der Waals surface area contributed by atoms with Gasteiger partial charge in [0.1, 0.15) is 17.9 Å². The first-order valence-electron chi connectivity index (χ1n) is 8.79. The SMILES string of the molecule is CCOc1ccc(CC(=O)Nc2cccc(Nc3cc(C)ncn3)c2)cc1. The van der Waals surface area contributed by atoms with E-state index in [4.69, 9.17) is 4.74 Å². The summed E-state index contributed by atoms with van der Waals surface area (Å²) >= 11 is 0. The standard InChI is InChI=1S/C21H22N4O2/c1-3-27-19-9-7-16(8-10-19)12-21(26)25-18-6-4-5-17(13-18)24-20-11-15(2)22-14-23-20/h4-11,13-14H,3,12H2,1-2H3,(H,25,26)(H,22,23,24). The van der Waals surface area contributed by atoms with Crippen LogP contribution >= 0.6 is 0 Å². The summed E-state index contributed by atoms with van der Waals surface area (Å²) in [6.45, 7) is 4.47. The smallest absolute Gasteiger partial charge is 0.228 e. The van der Waals surface area contributed by atoms with E-state index in [1.54, 1.807) is 0 Å². The fraction of sp³-hybridized carbons (Fsp3) is 0.190. The number of carbonyl (C=O) groups is 1. The lowest BCUT2D eigenvalue weighted by Crippen LogP contribution is -2.14. The highest BCUT2D eigenvalue weighted by molar-refractivity contribution is 5.92. The summed E-state index contributed by atoms with van der Waals surface area (Å²) in [5.41, 5.74) is 3.38. The molecule has 2 aromatic carbocycles. The Kier molecular flexibility index (Phi) is 5.99. The number of hydrogen-bond donors (Lipinski definition) is 2. The quantitative estimate of drug-likeness (QED) is 0.661. The van der Waals surface area contributed by atoms with Crippen LogP contribution in [0, 0.1) is 6.92 Å². The van der Waals surface area contributed by atoms with Crippen LogP contribution in [0.15, 0.2) is 60.9 Å². The Balaban J connectivity index is 1.60. The summed E-state index contributed by atoms with van der Waals surface area (Å²) < 4.78 is 5.41. The van der Waals surface area contributed by atoms with Crippen molar-refractivity contribution in [1.29, 1.82) is 0 Å². The minimum atomic E-state index is -0.0748. The molecule has 1 heterocycles. The zero-order chi connectivity index (χ0) is 19.1. The molecule has 0 saturated carbocycles. The van der Waals surface area contributed by atoms with Gasteiger partial charge >= 0.3 is 0 Å². The van der Waals surface area contributed by atoms with E-state index in [9.17, 15) is 4.79 Å². The van der Waals surface area contributed by atoms with Gasteiger partial charge in [0, 0.05) is 23.1 Å². The van der Waals surface area contributed by atoms with E-state index in [2.05, 4.69) is 20.6 Å². The number of hydrogen-bond acceptors (Lipinski definition) is 5. The molecule has 138 valence electrons. The lowest BCUT2D eigenvalue weighted by molar-refractivity contribution is -0.115. The van der Waals surface area contributed by atoms with Gasteiger partial charge in [0.2, 0.25) is 5.91 Å².